The lowest BCUT2D eigenvalue weighted by Crippen LogP contribution is -2.30. The van der Waals surface area contributed by atoms with Gasteiger partial charge in [0.25, 0.3) is 0 Å². The van der Waals surface area contributed by atoms with Crippen LogP contribution in [0.1, 0.15) is 5.82 Å². The number of hydrogen-bond acceptors (Lipinski definition) is 7. The number of nitrogens with one attached hydrogen (secondary N) is 1. The molecule has 0 atom stereocenters. The van der Waals surface area contributed by atoms with E-state index in [1.807, 2.05) is 37.4 Å². The second-order valence-corrected chi connectivity index (χ2v) is 5.50. The number of carbonyl (C=O) groups excluding carboxylic acids is 1. The Morgan fingerprint density at radius 3 is 2.27 bits per heavy atom. The van der Waals surface area contributed by atoms with Gasteiger partial charge in [0.05, 0.1) is 6.54 Å². The molecule has 0 saturated carbocycles. The quantitative estimate of drug-likeness (QED) is 0.756. The van der Waals surface area contributed by atoms with E-state index in [2.05, 4.69) is 25.7 Å². The smallest absolute Gasteiger partial charge is 0.410 e. The third-order valence-electron chi connectivity index (χ3n) is 3.59. The second kappa shape index (κ2) is 8.02. The highest BCUT2D eigenvalue weighted by molar-refractivity contribution is 5.70. The molecule has 3 aromatic rings. The number of amides is 1. The highest BCUT2D eigenvalue weighted by Gasteiger charge is 2.14. The summed E-state index contributed by atoms with van der Waals surface area (Å²) in [6.45, 7) is 0.143. The molecule has 0 radical (unpaired) electrons. The number of nitrogens with zero attached hydrogens (tertiary/aromatic N) is 5. The molecule has 0 aliphatic carbocycles. The molecule has 0 fully saturated rings. The summed E-state index contributed by atoms with van der Waals surface area (Å²) in [5.74, 6) is 1.22. The van der Waals surface area contributed by atoms with Crippen LogP contribution in [-0.2, 0) is 6.54 Å². The van der Waals surface area contributed by atoms with Gasteiger partial charge in [-0.1, -0.05) is 18.2 Å². The molecule has 8 heteroatoms. The fraction of sp³-hybridized carbons (Fsp3) is 0.167. The third-order valence-corrected chi connectivity index (χ3v) is 3.59. The molecule has 0 saturated heterocycles. The first-order valence-electron chi connectivity index (χ1n) is 7.98. The first-order chi connectivity index (χ1) is 12.7. The highest BCUT2D eigenvalue weighted by atomic mass is 16.6. The molecule has 26 heavy (non-hydrogen) atoms. The van der Waals surface area contributed by atoms with Crippen molar-refractivity contribution in [3.8, 4) is 17.1 Å². The molecule has 132 valence electrons. The summed E-state index contributed by atoms with van der Waals surface area (Å²) in [5.41, 5.74) is 1.80. The molecule has 1 heterocycles. The van der Waals surface area contributed by atoms with Gasteiger partial charge in [-0.3, -0.25) is 0 Å². The zero-order valence-electron chi connectivity index (χ0n) is 14.5. The van der Waals surface area contributed by atoms with E-state index in [1.54, 1.807) is 31.3 Å². The van der Waals surface area contributed by atoms with Gasteiger partial charge in [-0.05, 0) is 36.4 Å². The lowest BCUT2D eigenvalue weighted by molar-refractivity contribution is 0.159. The minimum atomic E-state index is -0.508. The van der Waals surface area contributed by atoms with Gasteiger partial charge in [-0.15, -0.1) is 20.4 Å². The van der Waals surface area contributed by atoms with Crippen molar-refractivity contribution in [2.24, 2.45) is 0 Å². The van der Waals surface area contributed by atoms with Crippen molar-refractivity contribution >= 4 is 11.8 Å². The molecule has 0 spiro atoms. The monoisotopic (exact) mass is 350 g/mol. The number of benzene rings is 2. The Morgan fingerprint density at radius 1 is 1.00 bits per heavy atom. The Hall–Kier alpha value is -3.55. The van der Waals surface area contributed by atoms with Gasteiger partial charge < -0.3 is 15.0 Å². The summed E-state index contributed by atoms with van der Waals surface area (Å²) in [6, 6.07) is 16.4. The SMILES string of the molecule is CNc1ccc(-c2nnc(CN(C)C(=O)Oc3ccccc3)nn2)cc1. The standard InChI is InChI=1S/C18H18N6O2/c1-19-14-10-8-13(9-11-14)17-22-20-16(21-23-17)12-24(2)18(25)26-15-6-4-3-5-7-15/h3-11,19H,12H2,1-2H3. The number of hydrogen-bond donors (Lipinski definition) is 1. The average Bonchev–Trinajstić information content (AvgIpc) is 2.69. The maximum Gasteiger partial charge on any atom is 0.415 e. The average molecular weight is 350 g/mol. The van der Waals surface area contributed by atoms with E-state index in [0.29, 0.717) is 17.4 Å². The largest absolute Gasteiger partial charge is 0.415 e. The normalized spacial score (nSPS) is 10.2. The van der Waals surface area contributed by atoms with Gasteiger partial charge in [0.2, 0.25) is 5.82 Å². The van der Waals surface area contributed by atoms with Gasteiger partial charge in [-0.2, -0.15) is 0 Å². The summed E-state index contributed by atoms with van der Waals surface area (Å²) < 4.78 is 5.25. The Morgan fingerprint density at radius 2 is 1.65 bits per heavy atom. The Labute approximate surface area is 150 Å². The van der Waals surface area contributed by atoms with Crippen LogP contribution in [0.4, 0.5) is 10.5 Å². The Bertz CT molecular complexity index is 853. The van der Waals surface area contributed by atoms with Crippen LogP contribution in [0.5, 0.6) is 5.75 Å². The number of anilines is 1. The zero-order valence-corrected chi connectivity index (χ0v) is 14.5. The summed E-state index contributed by atoms with van der Waals surface area (Å²) in [5, 5.41) is 19.3. The first kappa shape index (κ1) is 17.3. The molecular formula is C18H18N6O2. The van der Waals surface area contributed by atoms with E-state index in [0.717, 1.165) is 11.3 Å². The molecule has 0 bridgehead atoms. The van der Waals surface area contributed by atoms with Crippen LogP contribution in [-0.4, -0.2) is 45.5 Å². The molecule has 8 nitrogen and oxygen atoms in total. The molecule has 1 amide bonds. The van der Waals surface area contributed by atoms with Crippen LogP contribution in [0.25, 0.3) is 11.4 Å². The molecule has 2 aromatic carbocycles. The fourth-order valence-corrected chi connectivity index (χ4v) is 2.16. The summed E-state index contributed by atoms with van der Waals surface area (Å²) in [4.78, 5) is 13.4. The van der Waals surface area contributed by atoms with Crippen molar-refractivity contribution in [1.82, 2.24) is 25.3 Å². The second-order valence-electron chi connectivity index (χ2n) is 5.50. The van der Waals surface area contributed by atoms with Crippen molar-refractivity contribution in [1.29, 1.82) is 0 Å². The molecular weight excluding hydrogens is 332 g/mol. The maximum atomic E-state index is 12.1. The van der Waals surface area contributed by atoms with Crippen LogP contribution in [0.2, 0.25) is 0 Å². The molecule has 3 rings (SSSR count). The summed E-state index contributed by atoms with van der Waals surface area (Å²) >= 11 is 0. The van der Waals surface area contributed by atoms with E-state index in [1.165, 1.54) is 4.90 Å². The van der Waals surface area contributed by atoms with Crippen molar-refractivity contribution in [2.45, 2.75) is 6.54 Å². The number of aromatic nitrogens is 4. The molecule has 1 N–H and O–H groups in total. The van der Waals surface area contributed by atoms with Crippen molar-refractivity contribution in [3.63, 3.8) is 0 Å². The lowest BCUT2D eigenvalue weighted by Gasteiger charge is -2.15. The Balaban J connectivity index is 1.62. The predicted octanol–water partition coefficient (Wildman–Crippen LogP) is 2.61. The lowest BCUT2D eigenvalue weighted by atomic mass is 10.2. The van der Waals surface area contributed by atoms with Crippen molar-refractivity contribution in [2.75, 3.05) is 19.4 Å². The van der Waals surface area contributed by atoms with Gasteiger partial charge in [0.15, 0.2) is 5.82 Å². The predicted molar refractivity (Wildman–Crippen MR) is 96.5 cm³/mol. The summed E-state index contributed by atoms with van der Waals surface area (Å²) in [7, 11) is 3.45. The van der Waals surface area contributed by atoms with Crippen molar-refractivity contribution in [3.05, 3.63) is 60.4 Å². The van der Waals surface area contributed by atoms with Gasteiger partial charge in [0.1, 0.15) is 5.75 Å². The number of para-hydroxylation sites is 1. The maximum absolute atomic E-state index is 12.1. The fourth-order valence-electron chi connectivity index (χ4n) is 2.16. The molecule has 0 unspecified atom stereocenters. The van der Waals surface area contributed by atoms with Gasteiger partial charge in [0, 0.05) is 25.3 Å². The molecule has 1 aromatic heterocycles. The van der Waals surface area contributed by atoms with Gasteiger partial charge in [-0.25, -0.2) is 4.79 Å². The highest BCUT2D eigenvalue weighted by Crippen LogP contribution is 2.16. The summed E-state index contributed by atoms with van der Waals surface area (Å²) in [6.07, 6.45) is -0.508. The van der Waals surface area contributed by atoms with Crippen LogP contribution in [0, 0.1) is 0 Å². The van der Waals surface area contributed by atoms with E-state index in [-0.39, 0.29) is 6.54 Å². The van der Waals surface area contributed by atoms with Crippen LogP contribution < -0.4 is 10.1 Å². The Kier molecular flexibility index (Phi) is 5.33. The zero-order chi connectivity index (χ0) is 18.4. The van der Waals surface area contributed by atoms with Crippen LogP contribution in [0.3, 0.4) is 0 Å². The van der Waals surface area contributed by atoms with E-state index < -0.39 is 6.09 Å². The van der Waals surface area contributed by atoms with E-state index in [4.69, 9.17) is 4.74 Å². The number of rotatable bonds is 5. The van der Waals surface area contributed by atoms with E-state index in [9.17, 15) is 4.79 Å². The van der Waals surface area contributed by atoms with Crippen LogP contribution >= 0.6 is 0 Å². The first-order valence-corrected chi connectivity index (χ1v) is 7.98. The van der Waals surface area contributed by atoms with E-state index >= 15 is 0 Å². The molecule has 0 aliphatic heterocycles. The number of carbonyl (C=O) groups is 1. The van der Waals surface area contributed by atoms with Gasteiger partial charge >= 0.3 is 6.09 Å². The number of ether oxygens (including phenoxy) is 1. The minimum absolute atomic E-state index is 0.143. The minimum Gasteiger partial charge on any atom is -0.410 e. The topological polar surface area (TPSA) is 93.1 Å². The van der Waals surface area contributed by atoms with Crippen molar-refractivity contribution < 1.29 is 9.53 Å². The molecule has 0 aliphatic rings. The third kappa shape index (κ3) is 4.29. The van der Waals surface area contributed by atoms with Crippen LogP contribution in [0.15, 0.2) is 54.6 Å².